The molecule has 2 aliphatic heterocycles. The van der Waals surface area contributed by atoms with E-state index in [0.29, 0.717) is 6.61 Å². The first kappa shape index (κ1) is 13.9. The zero-order chi connectivity index (χ0) is 13.8. The second kappa shape index (κ2) is 6.57. The fourth-order valence-electron chi connectivity index (χ4n) is 3.07. The van der Waals surface area contributed by atoms with Crippen LogP contribution in [0.25, 0.3) is 0 Å². The van der Waals surface area contributed by atoms with Gasteiger partial charge < -0.3 is 19.1 Å². The van der Waals surface area contributed by atoms with Crippen LogP contribution in [0.3, 0.4) is 0 Å². The molecule has 110 valence electrons. The van der Waals surface area contributed by atoms with Crippen molar-refractivity contribution in [2.75, 3.05) is 33.4 Å². The lowest BCUT2D eigenvalue weighted by Crippen LogP contribution is -3.13. The summed E-state index contributed by atoms with van der Waals surface area (Å²) in [4.78, 5) is 1.67. The zero-order valence-corrected chi connectivity index (χ0v) is 12.1. The molecule has 2 saturated heterocycles. The third-order valence-electron chi connectivity index (χ3n) is 4.21. The smallest absolute Gasteiger partial charge is 0.184 e. The number of quaternary nitrogens is 1. The minimum atomic E-state index is -0.213. The first-order chi connectivity index (χ1) is 9.85. The third-order valence-corrected chi connectivity index (χ3v) is 4.21. The number of likely N-dealkylation sites (tertiary alicyclic amines) is 1. The van der Waals surface area contributed by atoms with Gasteiger partial charge in [-0.05, 0) is 31.4 Å². The van der Waals surface area contributed by atoms with Crippen LogP contribution in [0.4, 0.5) is 0 Å². The highest BCUT2D eigenvalue weighted by atomic mass is 16.7. The Morgan fingerprint density at radius 1 is 1.15 bits per heavy atom. The van der Waals surface area contributed by atoms with Crippen LogP contribution in [-0.4, -0.2) is 39.5 Å². The van der Waals surface area contributed by atoms with E-state index in [4.69, 9.17) is 14.2 Å². The fourth-order valence-corrected chi connectivity index (χ4v) is 3.07. The molecule has 2 unspecified atom stereocenters. The number of hydrogen-bond acceptors (Lipinski definition) is 3. The second-order valence-corrected chi connectivity index (χ2v) is 5.71. The molecule has 2 atom stereocenters. The van der Waals surface area contributed by atoms with Crippen LogP contribution in [0.2, 0.25) is 0 Å². The van der Waals surface area contributed by atoms with Gasteiger partial charge in [-0.1, -0.05) is 12.1 Å². The molecule has 20 heavy (non-hydrogen) atoms. The molecular weight excluding hydrogens is 254 g/mol. The highest BCUT2D eigenvalue weighted by Gasteiger charge is 2.30. The van der Waals surface area contributed by atoms with E-state index in [1.165, 1.54) is 32.4 Å². The van der Waals surface area contributed by atoms with Crippen LogP contribution < -0.4 is 9.64 Å². The minimum Gasteiger partial charge on any atom is -0.497 e. The van der Waals surface area contributed by atoms with Crippen molar-refractivity contribution in [2.45, 2.75) is 31.7 Å². The van der Waals surface area contributed by atoms with Gasteiger partial charge in [0.1, 0.15) is 18.4 Å². The van der Waals surface area contributed by atoms with E-state index in [-0.39, 0.29) is 12.4 Å². The molecular formula is C16H24NO3+. The van der Waals surface area contributed by atoms with Gasteiger partial charge in [0.2, 0.25) is 0 Å². The molecule has 0 aliphatic carbocycles. The molecule has 2 aliphatic rings. The number of piperidine rings is 1. The number of methoxy groups -OCH3 is 1. The molecule has 0 saturated carbocycles. The predicted molar refractivity (Wildman–Crippen MR) is 76.0 cm³/mol. The molecule has 1 N–H and O–H groups in total. The predicted octanol–water partition coefficient (Wildman–Crippen LogP) is 1.18. The van der Waals surface area contributed by atoms with E-state index in [9.17, 15) is 0 Å². The molecule has 0 radical (unpaired) electrons. The van der Waals surface area contributed by atoms with Crippen LogP contribution in [0.1, 0.15) is 31.1 Å². The van der Waals surface area contributed by atoms with Gasteiger partial charge in [-0.3, -0.25) is 0 Å². The standard InChI is InChI=1S/C16H23NO3/c1-18-14-7-5-13(6-8-14)16-19-12-15(20-16)11-17-9-3-2-4-10-17/h5-8,15-16H,2-4,9-12H2,1H3/p+1. The molecule has 1 aromatic rings. The molecule has 0 spiro atoms. The van der Waals surface area contributed by atoms with Crippen molar-refractivity contribution < 1.29 is 19.1 Å². The van der Waals surface area contributed by atoms with Crippen LogP contribution in [-0.2, 0) is 9.47 Å². The Balaban J connectivity index is 1.52. The molecule has 1 aromatic carbocycles. The lowest BCUT2D eigenvalue weighted by atomic mass is 10.1. The highest BCUT2D eigenvalue weighted by Crippen LogP contribution is 2.27. The maximum atomic E-state index is 6.04. The summed E-state index contributed by atoms with van der Waals surface area (Å²) in [6.07, 6.45) is 4.11. The van der Waals surface area contributed by atoms with Gasteiger partial charge in [0, 0.05) is 5.56 Å². The molecule has 0 bridgehead atoms. The van der Waals surface area contributed by atoms with Gasteiger partial charge in [0.05, 0.1) is 26.8 Å². The maximum absolute atomic E-state index is 6.04. The van der Waals surface area contributed by atoms with Gasteiger partial charge in [0.25, 0.3) is 0 Å². The normalized spacial score (nSPS) is 27.6. The number of rotatable bonds is 4. The van der Waals surface area contributed by atoms with E-state index >= 15 is 0 Å². The molecule has 0 amide bonds. The summed E-state index contributed by atoms with van der Waals surface area (Å²) in [6, 6.07) is 7.93. The van der Waals surface area contributed by atoms with Gasteiger partial charge in [0.15, 0.2) is 6.29 Å². The van der Waals surface area contributed by atoms with Crippen molar-refractivity contribution in [3.05, 3.63) is 29.8 Å². The summed E-state index contributed by atoms with van der Waals surface area (Å²) in [5, 5.41) is 0. The van der Waals surface area contributed by atoms with Crippen molar-refractivity contribution in [1.29, 1.82) is 0 Å². The summed E-state index contributed by atoms with van der Waals surface area (Å²) in [6.45, 7) is 4.35. The van der Waals surface area contributed by atoms with Crippen LogP contribution in [0.15, 0.2) is 24.3 Å². The summed E-state index contributed by atoms with van der Waals surface area (Å²) in [7, 11) is 1.68. The Kier molecular flexibility index (Phi) is 4.55. The average molecular weight is 278 g/mol. The SMILES string of the molecule is COc1ccc(C2OCC(C[NH+]3CCCCC3)O2)cc1. The number of nitrogens with one attached hydrogen (secondary N) is 1. The molecule has 4 heteroatoms. The van der Waals surface area contributed by atoms with Crippen molar-refractivity contribution >= 4 is 0 Å². The van der Waals surface area contributed by atoms with Crippen LogP contribution >= 0.6 is 0 Å². The van der Waals surface area contributed by atoms with Crippen molar-refractivity contribution in [1.82, 2.24) is 0 Å². The molecule has 2 fully saturated rings. The quantitative estimate of drug-likeness (QED) is 0.897. The molecule has 0 aromatic heterocycles. The van der Waals surface area contributed by atoms with Crippen molar-refractivity contribution in [3.8, 4) is 5.75 Å². The summed E-state index contributed by atoms with van der Waals surface area (Å²) < 4.78 is 17.0. The molecule has 2 heterocycles. The lowest BCUT2D eigenvalue weighted by Gasteiger charge is -2.25. The van der Waals surface area contributed by atoms with Gasteiger partial charge in [-0.25, -0.2) is 0 Å². The van der Waals surface area contributed by atoms with E-state index in [1.54, 1.807) is 12.0 Å². The Hall–Kier alpha value is -1.10. The number of ether oxygens (including phenoxy) is 3. The van der Waals surface area contributed by atoms with Crippen molar-refractivity contribution in [3.63, 3.8) is 0 Å². The maximum Gasteiger partial charge on any atom is 0.184 e. The van der Waals surface area contributed by atoms with Crippen LogP contribution in [0.5, 0.6) is 5.75 Å². The number of benzene rings is 1. The van der Waals surface area contributed by atoms with Gasteiger partial charge in [-0.2, -0.15) is 0 Å². The molecule has 4 nitrogen and oxygen atoms in total. The fraction of sp³-hybridized carbons (Fsp3) is 0.625. The van der Waals surface area contributed by atoms with E-state index in [0.717, 1.165) is 17.9 Å². The topological polar surface area (TPSA) is 32.1 Å². The third kappa shape index (κ3) is 3.32. The second-order valence-electron chi connectivity index (χ2n) is 5.71. The first-order valence-corrected chi connectivity index (χ1v) is 7.60. The summed E-state index contributed by atoms with van der Waals surface area (Å²) >= 11 is 0. The largest absolute Gasteiger partial charge is 0.497 e. The zero-order valence-electron chi connectivity index (χ0n) is 12.1. The summed E-state index contributed by atoms with van der Waals surface area (Å²) in [5.74, 6) is 0.862. The molecule has 3 rings (SSSR count). The van der Waals surface area contributed by atoms with Gasteiger partial charge in [-0.15, -0.1) is 0 Å². The monoisotopic (exact) mass is 278 g/mol. The van der Waals surface area contributed by atoms with E-state index in [1.807, 2.05) is 24.3 Å². The summed E-state index contributed by atoms with van der Waals surface area (Å²) in [5.41, 5.74) is 1.07. The van der Waals surface area contributed by atoms with Gasteiger partial charge >= 0.3 is 0 Å². The van der Waals surface area contributed by atoms with Crippen molar-refractivity contribution in [2.24, 2.45) is 0 Å². The Labute approximate surface area is 120 Å². The van der Waals surface area contributed by atoms with Crippen LogP contribution in [0, 0.1) is 0 Å². The van der Waals surface area contributed by atoms with E-state index in [2.05, 4.69) is 0 Å². The first-order valence-electron chi connectivity index (χ1n) is 7.60. The lowest BCUT2D eigenvalue weighted by molar-refractivity contribution is -0.907. The van der Waals surface area contributed by atoms with E-state index < -0.39 is 0 Å². The number of hydrogen-bond donors (Lipinski definition) is 1. The average Bonchev–Trinajstić information content (AvgIpc) is 2.97. The Bertz CT molecular complexity index is 414. The Morgan fingerprint density at radius 3 is 2.60 bits per heavy atom. The minimum absolute atomic E-state index is 0.213. The highest BCUT2D eigenvalue weighted by molar-refractivity contribution is 5.28. The Morgan fingerprint density at radius 2 is 1.90 bits per heavy atom.